The van der Waals surface area contributed by atoms with Gasteiger partial charge in [0.15, 0.2) is 0 Å². The summed E-state index contributed by atoms with van der Waals surface area (Å²) in [5.74, 6) is 0.964. The van der Waals surface area contributed by atoms with Crippen LogP contribution in [0.3, 0.4) is 0 Å². The fourth-order valence-electron chi connectivity index (χ4n) is 1.24. The number of nitrogens with one attached hydrogen (secondary N) is 2. The Kier molecular flexibility index (Phi) is 5.02. The first-order valence-electron chi connectivity index (χ1n) is 5.73. The Morgan fingerprint density at radius 3 is 2.59 bits per heavy atom. The fourth-order valence-corrected chi connectivity index (χ4v) is 2.00. The van der Waals surface area contributed by atoms with Crippen molar-refractivity contribution in [2.75, 3.05) is 18.1 Å². The number of rotatable bonds is 5. The highest BCUT2D eigenvalue weighted by Gasteiger charge is 2.25. The molecular weight excluding hydrogens is 232 g/mol. The van der Waals surface area contributed by atoms with Gasteiger partial charge in [-0.1, -0.05) is 19.1 Å². The van der Waals surface area contributed by atoms with Crippen LogP contribution < -0.4 is 10.6 Å². The predicted molar refractivity (Wildman–Crippen MR) is 74.6 cm³/mol. The van der Waals surface area contributed by atoms with Gasteiger partial charge in [0.05, 0.1) is 11.2 Å². The van der Waals surface area contributed by atoms with Crippen molar-refractivity contribution in [1.82, 2.24) is 5.32 Å². The Labute approximate surface area is 107 Å². The summed E-state index contributed by atoms with van der Waals surface area (Å²) in [4.78, 5) is 13.1. The number of likely N-dealkylation sites (N-methyl/N-ethyl adjacent to an activating group) is 1. The lowest BCUT2D eigenvalue weighted by atomic mass is 10.1. The molecule has 1 amide bonds. The van der Waals surface area contributed by atoms with Gasteiger partial charge in [-0.25, -0.2) is 0 Å². The number of amides is 1. The van der Waals surface area contributed by atoms with Crippen LogP contribution in [-0.2, 0) is 4.79 Å². The number of anilines is 1. The molecule has 0 bridgehead atoms. The Morgan fingerprint density at radius 2 is 2.00 bits per heavy atom. The second-order valence-corrected chi connectivity index (χ2v) is 5.56. The highest BCUT2D eigenvalue weighted by Crippen LogP contribution is 2.27. The van der Waals surface area contributed by atoms with E-state index in [1.807, 2.05) is 38.1 Å². The number of carbonyl (C=O) groups is 1. The van der Waals surface area contributed by atoms with Gasteiger partial charge in [0.25, 0.3) is 0 Å². The summed E-state index contributed by atoms with van der Waals surface area (Å²) >= 11 is 1.73. The van der Waals surface area contributed by atoms with Gasteiger partial charge in [-0.2, -0.15) is 0 Å². The summed E-state index contributed by atoms with van der Waals surface area (Å²) in [5, 5.41) is 5.96. The zero-order valence-electron chi connectivity index (χ0n) is 10.8. The highest BCUT2D eigenvalue weighted by atomic mass is 32.2. The number of benzene rings is 1. The number of hydrogen-bond acceptors (Lipinski definition) is 3. The summed E-state index contributed by atoms with van der Waals surface area (Å²) in [5.41, 5.74) is 0.317. The molecule has 17 heavy (non-hydrogen) atoms. The van der Waals surface area contributed by atoms with Crippen LogP contribution >= 0.6 is 11.8 Å². The van der Waals surface area contributed by atoms with Crippen LogP contribution in [0.4, 0.5) is 5.69 Å². The summed E-state index contributed by atoms with van der Waals surface area (Å²) in [7, 11) is 1.78. The van der Waals surface area contributed by atoms with E-state index in [4.69, 9.17) is 0 Å². The third kappa shape index (κ3) is 3.75. The SMILES string of the molecule is CCSc1ccccc1NC(=O)C(C)(C)NC. The number of thioether (sulfide) groups is 1. The van der Waals surface area contributed by atoms with E-state index >= 15 is 0 Å². The van der Waals surface area contributed by atoms with Gasteiger partial charge in [-0.3, -0.25) is 4.79 Å². The standard InChI is InChI=1S/C13H20N2OS/c1-5-17-11-9-7-6-8-10(11)15-12(16)13(2,3)14-4/h6-9,14H,5H2,1-4H3,(H,15,16). The summed E-state index contributed by atoms with van der Waals surface area (Å²) in [6.45, 7) is 5.82. The Morgan fingerprint density at radius 1 is 1.35 bits per heavy atom. The minimum Gasteiger partial charge on any atom is -0.323 e. The lowest BCUT2D eigenvalue weighted by Crippen LogP contribution is -2.47. The van der Waals surface area contributed by atoms with Crippen molar-refractivity contribution in [2.45, 2.75) is 31.2 Å². The third-order valence-corrected chi connectivity index (χ3v) is 3.58. The predicted octanol–water partition coefficient (Wildman–Crippen LogP) is 2.74. The van der Waals surface area contributed by atoms with Crippen molar-refractivity contribution in [1.29, 1.82) is 0 Å². The maximum atomic E-state index is 12.0. The van der Waals surface area contributed by atoms with Crippen LogP contribution in [-0.4, -0.2) is 24.2 Å². The molecule has 0 aliphatic carbocycles. The number of carbonyl (C=O) groups excluding carboxylic acids is 1. The lowest BCUT2D eigenvalue weighted by Gasteiger charge is -2.23. The zero-order chi connectivity index (χ0) is 12.9. The number of para-hydroxylation sites is 1. The minimum atomic E-state index is -0.565. The smallest absolute Gasteiger partial charge is 0.244 e. The molecule has 0 fully saturated rings. The maximum Gasteiger partial charge on any atom is 0.244 e. The summed E-state index contributed by atoms with van der Waals surface area (Å²) < 4.78 is 0. The molecule has 4 heteroatoms. The quantitative estimate of drug-likeness (QED) is 0.792. The van der Waals surface area contributed by atoms with Gasteiger partial charge in [-0.05, 0) is 38.8 Å². The van der Waals surface area contributed by atoms with Crippen molar-refractivity contribution >= 4 is 23.4 Å². The molecule has 0 aromatic heterocycles. The molecule has 2 N–H and O–H groups in total. The molecule has 1 aromatic carbocycles. The lowest BCUT2D eigenvalue weighted by molar-refractivity contribution is -0.121. The summed E-state index contributed by atoms with van der Waals surface area (Å²) in [6.07, 6.45) is 0. The number of hydrogen-bond donors (Lipinski definition) is 2. The summed E-state index contributed by atoms with van der Waals surface area (Å²) in [6, 6.07) is 7.87. The van der Waals surface area contributed by atoms with E-state index in [0.29, 0.717) is 0 Å². The van der Waals surface area contributed by atoms with E-state index in [-0.39, 0.29) is 5.91 Å². The van der Waals surface area contributed by atoms with Crippen LogP contribution in [0.15, 0.2) is 29.2 Å². The van der Waals surface area contributed by atoms with Crippen LogP contribution in [0.2, 0.25) is 0 Å². The van der Waals surface area contributed by atoms with Gasteiger partial charge in [0.1, 0.15) is 0 Å². The van der Waals surface area contributed by atoms with Gasteiger partial charge in [0, 0.05) is 4.90 Å². The van der Waals surface area contributed by atoms with Crippen LogP contribution in [0.5, 0.6) is 0 Å². The van der Waals surface area contributed by atoms with E-state index in [0.717, 1.165) is 16.3 Å². The van der Waals surface area contributed by atoms with Crippen molar-refractivity contribution in [3.8, 4) is 0 Å². The molecule has 0 aliphatic rings. The van der Waals surface area contributed by atoms with E-state index in [9.17, 15) is 4.79 Å². The normalized spacial score (nSPS) is 11.3. The maximum absolute atomic E-state index is 12.0. The molecule has 0 unspecified atom stereocenters. The molecule has 0 radical (unpaired) electrons. The molecule has 1 aromatic rings. The van der Waals surface area contributed by atoms with E-state index in [1.54, 1.807) is 18.8 Å². The van der Waals surface area contributed by atoms with E-state index < -0.39 is 5.54 Å². The van der Waals surface area contributed by atoms with Crippen LogP contribution in [0, 0.1) is 0 Å². The van der Waals surface area contributed by atoms with Crippen molar-refractivity contribution in [3.63, 3.8) is 0 Å². The van der Waals surface area contributed by atoms with Crippen LogP contribution in [0.25, 0.3) is 0 Å². The first-order chi connectivity index (χ1) is 8.01. The Balaban J connectivity index is 2.84. The minimum absolute atomic E-state index is 0.0239. The van der Waals surface area contributed by atoms with Crippen molar-refractivity contribution in [3.05, 3.63) is 24.3 Å². The molecule has 0 saturated carbocycles. The van der Waals surface area contributed by atoms with Crippen molar-refractivity contribution < 1.29 is 4.79 Å². The van der Waals surface area contributed by atoms with Gasteiger partial charge < -0.3 is 10.6 Å². The third-order valence-electron chi connectivity index (χ3n) is 2.63. The van der Waals surface area contributed by atoms with Crippen LogP contribution in [0.1, 0.15) is 20.8 Å². The monoisotopic (exact) mass is 252 g/mol. The topological polar surface area (TPSA) is 41.1 Å². The molecule has 3 nitrogen and oxygen atoms in total. The average Bonchev–Trinajstić information content (AvgIpc) is 2.32. The molecule has 1 rings (SSSR count). The molecule has 0 spiro atoms. The average molecular weight is 252 g/mol. The molecule has 0 heterocycles. The van der Waals surface area contributed by atoms with Gasteiger partial charge in [-0.15, -0.1) is 11.8 Å². The van der Waals surface area contributed by atoms with Gasteiger partial charge >= 0.3 is 0 Å². The second kappa shape index (κ2) is 6.07. The molecule has 0 atom stereocenters. The molecular formula is C13H20N2OS. The zero-order valence-corrected chi connectivity index (χ0v) is 11.6. The van der Waals surface area contributed by atoms with Crippen molar-refractivity contribution in [2.24, 2.45) is 0 Å². The first kappa shape index (κ1) is 14.1. The molecule has 0 aliphatic heterocycles. The second-order valence-electron chi connectivity index (χ2n) is 4.26. The fraction of sp³-hybridized carbons (Fsp3) is 0.462. The Hall–Kier alpha value is -1.00. The van der Waals surface area contributed by atoms with Gasteiger partial charge in [0.2, 0.25) is 5.91 Å². The highest BCUT2D eigenvalue weighted by molar-refractivity contribution is 7.99. The van der Waals surface area contributed by atoms with E-state index in [2.05, 4.69) is 17.6 Å². The largest absolute Gasteiger partial charge is 0.323 e. The first-order valence-corrected chi connectivity index (χ1v) is 6.72. The molecule has 0 saturated heterocycles. The van der Waals surface area contributed by atoms with E-state index in [1.165, 1.54) is 0 Å². The Bertz CT molecular complexity index is 391. The molecule has 94 valence electrons.